The average molecular weight is 354 g/mol. The van der Waals surface area contributed by atoms with Crippen molar-refractivity contribution in [3.8, 4) is 0 Å². The maximum absolute atomic E-state index is 12.5. The van der Waals surface area contributed by atoms with Crippen LogP contribution in [0.3, 0.4) is 0 Å². The number of halogens is 1. The van der Waals surface area contributed by atoms with Gasteiger partial charge in [-0.15, -0.1) is 0 Å². The Morgan fingerprint density at radius 2 is 1.79 bits per heavy atom. The number of rotatable bonds is 5. The van der Waals surface area contributed by atoms with Gasteiger partial charge in [0.25, 0.3) is 17.3 Å². The molecule has 2 aromatic rings. The van der Waals surface area contributed by atoms with E-state index in [0.717, 1.165) is 18.2 Å². The summed E-state index contributed by atoms with van der Waals surface area (Å²) in [5.74, 6) is -0.612. The smallest absolute Gasteiger partial charge is 0.277 e. The number of carbonyl (C=O) groups is 1. The van der Waals surface area contributed by atoms with Gasteiger partial charge in [-0.1, -0.05) is 11.6 Å². The van der Waals surface area contributed by atoms with Crippen molar-refractivity contribution in [3.63, 3.8) is 0 Å². The monoisotopic (exact) mass is 353 g/mol. The second kappa shape index (κ2) is 6.62. The van der Waals surface area contributed by atoms with Crippen molar-refractivity contribution in [2.75, 3.05) is 7.05 Å². The van der Waals surface area contributed by atoms with Gasteiger partial charge >= 0.3 is 0 Å². The Morgan fingerprint density at radius 1 is 1.25 bits per heavy atom. The summed E-state index contributed by atoms with van der Waals surface area (Å²) in [4.78, 5) is 33.9. The third kappa shape index (κ3) is 3.49. The van der Waals surface area contributed by atoms with Crippen molar-refractivity contribution >= 4 is 28.9 Å². The maximum Gasteiger partial charge on any atom is 0.277 e. The van der Waals surface area contributed by atoms with Crippen LogP contribution in [0.1, 0.15) is 16.1 Å². The van der Waals surface area contributed by atoms with E-state index < -0.39 is 27.1 Å². The molecule has 126 valence electrons. The van der Waals surface area contributed by atoms with Gasteiger partial charge in [-0.2, -0.15) is 5.10 Å². The van der Waals surface area contributed by atoms with Crippen LogP contribution in [0.4, 0.5) is 11.4 Å². The molecule has 0 bridgehead atoms. The van der Waals surface area contributed by atoms with E-state index in [1.54, 1.807) is 7.05 Å². The van der Waals surface area contributed by atoms with Crippen molar-refractivity contribution in [1.82, 2.24) is 14.7 Å². The number of aromatic nitrogens is 2. The molecule has 1 aromatic heterocycles. The first-order valence-electron chi connectivity index (χ1n) is 6.56. The van der Waals surface area contributed by atoms with Gasteiger partial charge in [0.05, 0.1) is 44.9 Å². The van der Waals surface area contributed by atoms with E-state index in [1.807, 2.05) is 0 Å². The Balaban J connectivity index is 2.34. The first-order chi connectivity index (χ1) is 11.2. The van der Waals surface area contributed by atoms with Crippen LogP contribution in [0.5, 0.6) is 0 Å². The van der Waals surface area contributed by atoms with Gasteiger partial charge in [0.15, 0.2) is 0 Å². The summed E-state index contributed by atoms with van der Waals surface area (Å²) in [5, 5.41) is 26.1. The first kappa shape index (κ1) is 17.3. The highest BCUT2D eigenvalue weighted by Gasteiger charge is 2.22. The zero-order valence-electron chi connectivity index (χ0n) is 12.7. The Bertz CT molecular complexity index is 782. The minimum atomic E-state index is -0.790. The molecule has 24 heavy (non-hydrogen) atoms. The van der Waals surface area contributed by atoms with Gasteiger partial charge in [0, 0.05) is 26.2 Å². The molecule has 0 unspecified atom stereocenters. The summed E-state index contributed by atoms with van der Waals surface area (Å²) in [6.07, 6.45) is 1.42. The second-order valence-corrected chi connectivity index (χ2v) is 5.38. The van der Waals surface area contributed by atoms with E-state index in [9.17, 15) is 25.0 Å². The van der Waals surface area contributed by atoms with E-state index >= 15 is 0 Å². The minimum absolute atomic E-state index is 0.0880. The maximum atomic E-state index is 12.5. The number of non-ortho nitro benzene ring substituents is 2. The fraction of sp³-hybridized carbons (Fsp3) is 0.231. The van der Waals surface area contributed by atoms with E-state index in [-0.39, 0.29) is 12.1 Å². The van der Waals surface area contributed by atoms with Crippen LogP contribution in [-0.2, 0) is 13.6 Å². The number of nitrogens with zero attached hydrogens (tertiary/aromatic N) is 5. The van der Waals surface area contributed by atoms with Gasteiger partial charge in [-0.3, -0.25) is 29.7 Å². The molecule has 2 rings (SSSR count). The molecular formula is C13H12ClN5O5. The summed E-state index contributed by atoms with van der Waals surface area (Å²) in [6.45, 7) is 0.0880. The molecule has 0 saturated heterocycles. The number of hydrogen-bond acceptors (Lipinski definition) is 6. The number of aryl methyl sites for hydroxylation is 1. The molecule has 1 heterocycles. The Labute approximate surface area is 140 Å². The van der Waals surface area contributed by atoms with Crippen molar-refractivity contribution in [2.24, 2.45) is 7.05 Å². The predicted octanol–water partition coefficient (Wildman–Crippen LogP) is 2.16. The number of benzene rings is 1. The van der Waals surface area contributed by atoms with Gasteiger partial charge in [0.2, 0.25) is 0 Å². The van der Waals surface area contributed by atoms with Crippen LogP contribution in [0.2, 0.25) is 5.02 Å². The summed E-state index contributed by atoms with van der Waals surface area (Å²) in [5.41, 5.74) is -0.650. The van der Waals surface area contributed by atoms with E-state index in [0.29, 0.717) is 10.7 Å². The molecule has 1 aromatic carbocycles. The number of amides is 1. The quantitative estimate of drug-likeness (QED) is 0.599. The van der Waals surface area contributed by atoms with Crippen LogP contribution in [0.25, 0.3) is 0 Å². The third-order valence-electron chi connectivity index (χ3n) is 3.32. The van der Waals surface area contributed by atoms with Crippen LogP contribution in [-0.4, -0.2) is 37.5 Å². The molecule has 0 fully saturated rings. The van der Waals surface area contributed by atoms with Crippen LogP contribution < -0.4 is 0 Å². The third-order valence-corrected chi connectivity index (χ3v) is 3.63. The summed E-state index contributed by atoms with van der Waals surface area (Å²) in [7, 11) is 3.11. The number of hydrogen-bond donors (Lipinski definition) is 0. The Morgan fingerprint density at radius 3 is 2.21 bits per heavy atom. The Hall–Kier alpha value is -3.01. The standard InChI is InChI=1S/C13H12ClN5O5/c1-16(7-12-11(14)6-15-17(12)2)13(20)8-3-9(18(21)22)5-10(4-8)19(23)24/h3-6H,7H2,1-2H3. The number of nitro benzene ring substituents is 2. The largest absolute Gasteiger partial charge is 0.336 e. The van der Waals surface area contributed by atoms with E-state index in [1.165, 1.54) is 22.8 Å². The molecule has 0 aliphatic rings. The highest BCUT2D eigenvalue weighted by Crippen LogP contribution is 2.24. The summed E-state index contributed by atoms with van der Waals surface area (Å²) < 4.78 is 1.49. The van der Waals surface area contributed by atoms with Gasteiger partial charge in [0.1, 0.15) is 0 Å². The molecule has 0 atom stereocenters. The molecular weight excluding hydrogens is 342 g/mol. The lowest BCUT2D eigenvalue weighted by molar-refractivity contribution is -0.394. The van der Waals surface area contributed by atoms with Gasteiger partial charge < -0.3 is 4.90 Å². The fourth-order valence-electron chi connectivity index (χ4n) is 2.06. The van der Waals surface area contributed by atoms with Crippen molar-refractivity contribution < 1.29 is 14.6 Å². The number of carbonyl (C=O) groups excluding carboxylic acids is 1. The lowest BCUT2D eigenvalue weighted by Gasteiger charge is -2.17. The van der Waals surface area contributed by atoms with Crippen molar-refractivity contribution in [3.05, 3.63) is 60.9 Å². The fourth-order valence-corrected chi connectivity index (χ4v) is 2.29. The summed E-state index contributed by atoms with van der Waals surface area (Å²) in [6, 6.07) is 2.79. The topological polar surface area (TPSA) is 124 Å². The normalized spacial score (nSPS) is 10.5. The molecule has 0 saturated carbocycles. The average Bonchev–Trinajstić information content (AvgIpc) is 2.85. The molecule has 0 radical (unpaired) electrons. The second-order valence-electron chi connectivity index (χ2n) is 4.98. The summed E-state index contributed by atoms with van der Waals surface area (Å²) >= 11 is 5.97. The molecule has 0 aliphatic heterocycles. The molecule has 0 aliphatic carbocycles. The minimum Gasteiger partial charge on any atom is -0.336 e. The number of nitro groups is 2. The molecule has 10 nitrogen and oxygen atoms in total. The van der Waals surface area contributed by atoms with Gasteiger partial charge in [-0.25, -0.2) is 0 Å². The highest BCUT2D eigenvalue weighted by molar-refractivity contribution is 6.31. The zero-order chi connectivity index (χ0) is 18.0. The van der Waals surface area contributed by atoms with Crippen molar-refractivity contribution in [1.29, 1.82) is 0 Å². The predicted molar refractivity (Wildman–Crippen MR) is 83.8 cm³/mol. The SMILES string of the molecule is CN(Cc1c(Cl)cnn1C)C(=O)c1cc([N+](=O)[O-])cc([N+](=O)[O-])c1. The molecule has 0 spiro atoms. The molecule has 1 amide bonds. The van der Waals surface area contributed by atoms with Crippen LogP contribution >= 0.6 is 11.6 Å². The molecule has 0 N–H and O–H groups in total. The lowest BCUT2D eigenvalue weighted by Crippen LogP contribution is -2.27. The van der Waals surface area contributed by atoms with Crippen LogP contribution in [0, 0.1) is 20.2 Å². The molecule has 11 heteroatoms. The van der Waals surface area contributed by atoms with Crippen LogP contribution in [0.15, 0.2) is 24.4 Å². The highest BCUT2D eigenvalue weighted by atomic mass is 35.5. The van der Waals surface area contributed by atoms with E-state index in [4.69, 9.17) is 11.6 Å². The zero-order valence-corrected chi connectivity index (χ0v) is 13.4. The van der Waals surface area contributed by atoms with Crippen molar-refractivity contribution in [2.45, 2.75) is 6.54 Å². The lowest BCUT2D eigenvalue weighted by atomic mass is 10.1. The van der Waals surface area contributed by atoms with E-state index in [2.05, 4.69) is 5.10 Å². The van der Waals surface area contributed by atoms with Gasteiger partial charge in [-0.05, 0) is 0 Å². The first-order valence-corrected chi connectivity index (χ1v) is 6.94. The Kier molecular flexibility index (Phi) is 4.79.